The molecule has 0 spiro atoms. The van der Waals surface area contributed by atoms with Gasteiger partial charge in [0.25, 0.3) is 0 Å². The summed E-state index contributed by atoms with van der Waals surface area (Å²) >= 11 is 7.79. The monoisotopic (exact) mass is 455 g/mol. The number of amides is 1. The first kappa shape index (κ1) is 21.0. The highest BCUT2D eigenvalue weighted by Crippen LogP contribution is 2.35. The molecular formula is C20H26ClN3O3S2. The van der Waals surface area contributed by atoms with Crippen molar-refractivity contribution in [3.8, 4) is 0 Å². The molecule has 158 valence electrons. The average molecular weight is 456 g/mol. The van der Waals surface area contributed by atoms with Crippen LogP contribution in [-0.4, -0.2) is 60.4 Å². The summed E-state index contributed by atoms with van der Waals surface area (Å²) in [5, 5.41) is 1.83. The maximum absolute atomic E-state index is 12.9. The molecule has 0 saturated carbocycles. The number of piperidine rings is 2. The number of carbonyl (C=O) groups is 1. The van der Waals surface area contributed by atoms with Crippen LogP contribution in [0.5, 0.6) is 0 Å². The largest absolute Gasteiger partial charge is 0.342 e. The van der Waals surface area contributed by atoms with Crippen LogP contribution in [0.2, 0.25) is 5.02 Å². The van der Waals surface area contributed by atoms with Crippen LogP contribution in [0.1, 0.15) is 43.5 Å². The Kier molecular flexibility index (Phi) is 6.16. The molecule has 2 aliphatic heterocycles. The molecule has 6 nitrogen and oxygen atoms in total. The number of halogens is 1. The molecule has 0 bridgehead atoms. The molecule has 0 unspecified atom stereocenters. The van der Waals surface area contributed by atoms with E-state index in [2.05, 4.69) is 0 Å². The van der Waals surface area contributed by atoms with Crippen LogP contribution < -0.4 is 0 Å². The maximum atomic E-state index is 12.9. The van der Waals surface area contributed by atoms with E-state index >= 15 is 0 Å². The fraction of sp³-hybridized carbons (Fsp3) is 0.600. The second-order valence-corrected chi connectivity index (χ2v) is 11.6. The predicted octanol–water partition coefficient (Wildman–Crippen LogP) is 3.72. The van der Waals surface area contributed by atoms with Gasteiger partial charge in [0.05, 0.1) is 21.0 Å². The summed E-state index contributed by atoms with van der Waals surface area (Å²) in [7, 11) is -3.15. The van der Waals surface area contributed by atoms with Gasteiger partial charge in [-0.25, -0.2) is 17.7 Å². The summed E-state index contributed by atoms with van der Waals surface area (Å²) < 4.78 is 26.7. The highest BCUT2D eigenvalue weighted by molar-refractivity contribution is 7.89. The molecule has 29 heavy (non-hydrogen) atoms. The Morgan fingerprint density at radius 3 is 2.52 bits per heavy atom. The number of benzene rings is 1. The van der Waals surface area contributed by atoms with Gasteiger partial charge in [-0.2, -0.15) is 0 Å². The summed E-state index contributed by atoms with van der Waals surface area (Å²) in [6, 6.07) is 5.81. The van der Waals surface area contributed by atoms with Crippen molar-refractivity contribution in [1.29, 1.82) is 0 Å². The predicted molar refractivity (Wildman–Crippen MR) is 117 cm³/mol. The molecule has 1 aromatic carbocycles. The van der Waals surface area contributed by atoms with Gasteiger partial charge in [-0.3, -0.25) is 4.79 Å². The van der Waals surface area contributed by atoms with Crippen molar-refractivity contribution in [2.45, 2.75) is 38.5 Å². The number of hydrogen-bond donors (Lipinski definition) is 0. The van der Waals surface area contributed by atoms with E-state index in [1.807, 2.05) is 23.1 Å². The van der Waals surface area contributed by atoms with Gasteiger partial charge in [0, 0.05) is 43.0 Å². The Balaban J connectivity index is 1.33. The molecular weight excluding hydrogens is 430 g/mol. The van der Waals surface area contributed by atoms with Crippen LogP contribution in [0.4, 0.5) is 0 Å². The van der Waals surface area contributed by atoms with Crippen molar-refractivity contribution in [1.82, 2.24) is 14.2 Å². The SMILES string of the molecule is CCS(=O)(=O)N1CCC(C(=O)N2CCC(c3nc4cc(Cl)ccc4s3)CC2)CC1. The minimum atomic E-state index is -3.15. The molecule has 0 atom stereocenters. The van der Waals surface area contributed by atoms with Gasteiger partial charge in [-0.1, -0.05) is 11.6 Å². The van der Waals surface area contributed by atoms with Crippen LogP contribution in [0.3, 0.4) is 0 Å². The molecule has 0 aliphatic carbocycles. The Morgan fingerprint density at radius 2 is 1.86 bits per heavy atom. The standard InChI is InChI=1S/C20H26ClN3O3S2/c1-2-29(26,27)24-11-7-15(8-12-24)20(25)23-9-5-14(6-10-23)19-22-17-13-16(21)3-4-18(17)28-19/h3-4,13-15H,2,5-12H2,1H3. The lowest BCUT2D eigenvalue weighted by Crippen LogP contribution is -2.46. The second kappa shape index (κ2) is 8.49. The normalized spacial score (nSPS) is 20.4. The van der Waals surface area contributed by atoms with Crippen LogP contribution in [-0.2, 0) is 14.8 Å². The van der Waals surface area contributed by atoms with Gasteiger partial charge in [-0.15, -0.1) is 11.3 Å². The first-order valence-corrected chi connectivity index (χ1v) is 13.0. The summed E-state index contributed by atoms with van der Waals surface area (Å²) in [5.74, 6) is 0.635. The van der Waals surface area contributed by atoms with Gasteiger partial charge >= 0.3 is 0 Å². The van der Waals surface area contributed by atoms with E-state index in [1.54, 1.807) is 18.3 Å². The van der Waals surface area contributed by atoms with Gasteiger partial charge in [-0.05, 0) is 50.8 Å². The van der Waals surface area contributed by atoms with Crippen LogP contribution in [0, 0.1) is 5.92 Å². The third-order valence-corrected chi connectivity index (χ3v) is 9.40. The Hall–Kier alpha value is -1.22. The van der Waals surface area contributed by atoms with Crippen molar-refractivity contribution >= 4 is 49.1 Å². The molecule has 2 fully saturated rings. The first-order valence-electron chi connectivity index (χ1n) is 10.2. The van der Waals surface area contributed by atoms with Crippen molar-refractivity contribution in [3.63, 3.8) is 0 Å². The molecule has 2 aromatic rings. The zero-order valence-electron chi connectivity index (χ0n) is 16.5. The van der Waals surface area contributed by atoms with E-state index in [4.69, 9.17) is 16.6 Å². The van der Waals surface area contributed by atoms with E-state index < -0.39 is 10.0 Å². The molecule has 1 amide bonds. The zero-order chi connectivity index (χ0) is 20.6. The number of rotatable bonds is 4. The van der Waals surface area contributed by atoms with Gasteiger partial charge in [0.1, 0.15) is 0 Å². The Labute approximate surface area is 180 Å². The molecule has 3 heterocycles. The number of likely N-dealkylation sites (tertiary alicyclic amines) is 1. The highest BCUT2D eigenvalue weighted by Gasteiger charge is 2.34. The Bertz CT molecular complexity index is 992. The van der Waals surface area contributed by atoms with Gasteiger partial charge in [0.2, 0.25) is 15.9 Å². The summed E-state index contributed by atoms with van der Waals surface area (Å²) in [5.41, 5.74) is 0.949. The van der Waals surface area contributed by atoms with Gasteiger partial charge < -0.3 is 4.90 Å². The van der Waals surface area contributed by atoms with Crippen molar-refractivity contribution < 1.29 is 13.2 Å². The lowest BCUT2D eigenvalue weighted by Gasteiger charge is -2.36. The highest BCUT2D eigenvalue weighted by atomic mass is 35.5. The van der Waals surface area contributed by atoms with E-state index in [0.717, 1.165) is 41.2 Å². The van der Waals surface area contributed by atoms with E-state index in [1.165, 1.54) is 4.31 Å². The van der Waals surface area contributed by atoms with E-state index in [9.17, 15) is 13.2 Å². The van der Waals surface area contributed by atoms with Crippen molar-refractivity contribution in [2.75, 3.05) is 31.9 Å². The summed E-state index contributed by atoms with van der Waals surface area (Å²) in [6.45, 7) is 4.06. The van der Waals surface area contributed by atoms with Crippen molar-refractivity contribution in [3.05, 3.63) is 28.2 Å². The fourth-order valence-corrected chi connectivity index (χ4v) is 6.68. The first-order chi connectivity index (χ1) is 13.9. The topological polar surface area (TPSA) is 70.6 Å². The van der Waals surface area contributed by atoms with Gasteiger partial charge in [0.15, 0.2) is 0 Å². The van der Waals surface area contributed by atoms with Crippen molar-refractivity contribution in [2.24, 2.45) is 5.92 Å². The van der Waals surface area contributed by atoms with E-state index in [0.29, 0.717) is 36.9 Å². The maximum Gasteiger partial charge on any atom is 0.225 e. The third kappa shape index (κ3) is 4.45. The third-order valence-electron chi connectivity index (χ3n) is 6.08. The van der Waals surface area contributed by atoms with Crippen LogP contribution in [0.15, 0.2) is 18.2 Å². The smallest absolute Gasteiger partial charge is 0.225 e. The molecule has 9 heteroatoms. The average Bonchev–Trinajstić information content (AvgIpc) is 3.16. The molecule has 2 saturated heterocycles. The summed E-state index contributed by atoms with van der Waals surface area (Å²) in [4.78, 5) is 19.7. The molecule has 1 aromatic heterocycles. The second-order valence-electron chi connectivity index (χ2n) is 7.84. The number of aromatic nitrogens is 1. The summed E-state index contributed by atoms with van der Waals surface area (Å²) in [6.07, 6.45) is 3.08. The number of sulfonamides is 1. The minimum Gasteiger partial charge on any atom is -0.342 e. The fourth-order valence-electron chi connectivity index (χ4n) is 4.26. The number of thiazole rings is 1. The number of carbonyl (C=O) groups excluding carboxylic acids is 1. The molecule has 0 radical (unpaired) electrons. The van der Waals surface area contributed by atoms with E-state index in [-0.39, 0.29) is 17.6 Å². The Morgan fingerprint density at radius 1 is 1.17 bits per heavy atom. The van der Waals surface area contributed by atoms with Crippen LogP contribution in [0.25, 0.3) is 10.2 Å². The number of hydrogen-bond acceptors (Lipinski definition) is 5. The van der Waals surface area contributed by atoms with Crippen LogP contribution >= 0.6 is 22.9 Å². The zero-order valence-corrected chi connectivity index (χ0v) is 18.9. The quantitative estimate of drug-likeness (QED) is 0.704. The number of fused-ring (bicyclic) bond motifs is 1. The molecule has 0 N–H and O–H groups in total. The molecule has 4 rings (SSSR count). The lowest BCUT2D eigenvalue weighted by atomic mass is 9.93. The number of nitrogens with zero attached hydrogens (tertiary/aromatic N) is 3. The molecule has 2 aliphatic rings. The lowest BCUT2D eigenvalue weighted by molar-refractivity contribution is -0.137. The minimum absolute atomic E-state index is 0.0561.